The fourth-order valence-electron chi connectivity index (χ4n) is 2.13. The quantitative estimate of drug-likeness (QED) is 0.748. The number of aromatic nitrogens is 1. The normalized spacial score (nSPS) is 15.1. The summed E-state index contributed by atoms with van der Waals surface area (Å²) in [5.41, 5.74) is 3.64. The molecule has 0 saturated carbocycles. The first-order chi connectivity index (χ1) is 7.78. The number of rotatable bonds is 2. The second-order valence-corrected chi connectivity index (χ2v) is 4.21. The lowest BCUT2D eigenvalue weighted by atomic mass is 10.0. The zero-order valence-electron chi connectivity index (χ0n) is 9.23. The Labute approximate surface area is 94.2 Å². The zero-order chi connectivity index (χ0) is 11.1. The number of aryl methyl sites for hydroxylation is 1. The Hall–Kier alpha value is -1.83. The van der Waals surface area contributed by atoms with Gasteiger partial charge in [0, 0.05) is 18.0 Å². The fraction of sp³-hybridized carbons (Fsp3) is 0.214. The van der Waals surface area contributed by atoms with Gasteiger partial charge in [-0.15, -0.1) is 0 Å². The summed E-state index contributed by atoms with van der Waals surface area (Å²) in [5.74, 6) is 0.225. The molecule has 0 spiro atoms. The minimum absolute atomic E-state index is 0.225. The molecule has 0 aliphatic heterocycles. The van der Waals surface area contributed by atoms with Gasteiger partial charge in [0.1, 0.15) is 0 Å². The van der Waals surface area contributed by atoms with Gasteiger partial charge in [-0.1, -0.05) is 19.1 Å². The van der Waals surface area contributed by atoms with E-state index in [9.17, 15) is 4.79 Å². The van der Waals surface area contributed by atoms with Crippen molar-refractivity contribution in [2.24, 2.45) is 0 Å². The van der Waals surface area contributed by atoms with E-state index in [2.05, 4.69) is 35.8 Å². The summed E-state index contributed by atoms with van der Waals surface area (Å²) >= 11 is 0. The molecule has 1 heterocycles. The third kappa shape index (κ3) is 1.30. The van der Waals surface area contributed by atoms with Gasteiger partial charge >= 0.3 is 0 Å². The average Bonchev–Trinajstić information content (AvgIpc) is 2.67. The third-order valence-corrected chi connectivity index (χ3v) is 3.16. The SMILES string of the molecule is CCc1ccc2ccn(C3=CC(=O)C3)c2c1. The molecule has 1 aromatic carbocycles. The van der Waals surface area contributed by atoms with E-state index < -0.39 is 0 Å². The van der Waals surface area contributed by atoms with Crippen LogP contribution in [0.2, 0.25) is 0 Å². The highest BCUT2D eigenvalue weighted by Crippen LogP contribution is 2.27. The molecule has 0 radical (unpaired) electrons. The lowest BCUT2D eigenvalue weighted by molar-refractivity contribution is -0.114. The number of hydrogen-bond acceptors (Lipinski definition) is 1. The molecule has 2 aromatic rings. The molecule has 3 rings (SSSR count). The minimum Gasteiger partial charge on any atom is -0.320 e. The largest absolute Gasteiger partial charge is 0.320 e. The van der Waals surface area contributed by atoms with Crippen LogP contribution in [0.15, 0.2) is 36.5 Å². The number of fused-ring (bicyclic) bond motifs is 1. The Morgan fingerprint density at radius 1 is 1.31 bits per heavy atom. The number of carbonyl (C=O) groups excluding carboxylic acids is 1. The third-order valence-electron chi connectivity index (χ3n) is 3.16. The second kappa shape index (κ2) is 3.34. The van der Waals surface area contributed by atoms with Crippen LogP contribution in [-0.2, 0) is 11.2 Å². The Morgan fingerprint density at radius 3 is 2.81 bits per heavy atom. The van der Waals surface area contributed by atoms with E-state index in [1.165, 1.54) is 16.5 Å². The van der Waals surface area contributed by atoms with Crippen LogP contribution in [0, 0.1) is 0 Å². The van der Waals surface area contributed by atoms with E-state index in [4.69, 9.17) is 0 Å². The molecular weight excluding hydrogens is 198 g/mol. The first-order valence-corrected chi connectivity index (χ1v) is 5.61. The molecule has 16 heavy (non-hydrogen) atoms. The van der Waals surface area contributed by atoms with Gasteiger partial charge in [-0.3, -0.25) is 4.79 Å². The van der Waals surface area contributed by atoms with Crippen molar-refractivity contribution in [2.75, 3.05) is 0 Å². The maximum Gasteiger partial charge on any atom is 0.163 e. The zero-order valence-corrected chi connectivity index (χ0v) is 9.23. The van der Waals surface area contributed by atoms with Gasteiger partial charge < -0.3 is 4.57 Å². The number of nitrogens with zero attached hydrogens (tertiary/aromatic N) is 1. The van der Waals surface area contributed by atoms with E-state index in [1.807, 2.05) is 6.20 Å². The van der Waals surface area contributed by atoms with E-state index in [0.29, 0.717) is 6.42 Å². The number of hydrogen-bond donors (Lipinski definition) is 0. The van der Waals surface area contributed by atoms with Gasteiger partial charge in [0.2, 0.25) is 0 Å². The molecule has 0 amide bonds. The number of benzene rings is 1. The van der Waals surface area contributed by atoms with Gasteiger partial charge in [-0.05, 0) is 29.5 Å². The summed E-state index contributed by atoms with van der Waals surface area (Å²) in [7, 11) is 0. The maximum absolute atomic E-state index is 11.0. The molecule has 0 N–H and O–H groups in total. The van der Waals surface area contributed by atoms with Crippen LogP contribution in [0.3, 0.4) is 0 Å². The van der Waals surface area contributed by atoms with Crippen molar-refractivity contribution < 1.29 is 4.79 Å². The molecule has 0 unspecified atom stereocenters. The Balaban J connectivity index is 2.18. The van der Waals surface area contributed by atoms with Gasteiger partial charge in [0.15, 0.2) is 5.78 Å². The predicted molar refractivity (Wildman–Crippen MR) is 65.2 cm³/mol. The van der Waals surface area contributed by atoms with Crippen molar-refractivity contribution in [1.29, 1.82) is 0 Å². The standard InChI is InChI=1S/C14H13NO/c1-2-10-3-4-11-5-6-15(14(11)7-10)12-8-13(16)9-12/h3-8H,2,9H2,1H3. The van der Waals surface area contributed by atoms with Gasteiger partial charge in [-0.25, -0.2) is 0 Å². The molecule has 2 nitrogen and oxygen atoms in total. The highest BCUT2D eigenvalue weighted by Gasteiger charge is 2.17. The van der Waals surface area contributed by atoms with Crippen LogP contribution < -0.4 is 0 Å². The number of carbonyl (C=O) groups is 1. The molecule has 0 atom stereocenters. The molecule has 0 fully saturated rings. The monoisotopic (exact) mass is 211 g/mol. The van der Waals surface area contributed by atoms with Crippen molar-refractivity contribution in [3.63, 3.8) is 0 Å². The van der Waals surface area contributed by atoms with Crippen molar-refractivity contribution >= 4 is 22.4 Å². The molecule has 1 aliphatic carbocycles. The van der Waals surface area contributed by atoms with Gasteiger partial charge in [-0.2, -0.15) is 0 Å². The summed E-state index contributed by atoms with van der Waals surface area (Å²) in [6.45, 7) is 2.15. The Morgan fingerprint density at radius 2 is 2.12 bits per heavy atom. The van der Waals surface area contributed by atoms with Crippen LogP contribution in [0.25, 0.3) is 16.6 Å². The van der Waals surface area contributed by atoms with Gasteiger partial charge in [0.05, 0.1) is 11.9 Å². The summed E-state index contributed by atoms with van der Waals surface area (Å²) in [5, 5.41) is 1.23. The van der Waals surface area contributed by atoms with Crippen LogP contribution in [0.4, 0.5) is 0 Å². The number of ketones is 1. The molecule has 1 aliphatic rings. The highest BCUT2D eigenvalue weighted by atomic mass is 16.1. The van der Waals surface area contributed by atoms with Crippen molar-refractivity contribution in [3.8, 4) is 0 Å². The first kappa shape index (κ1) is 9.40. The minimum atomic E-state index is 0.225. The Kier molecular flexibility index (Phi) is 1.96. The second-order valence-electron chi connectivity index (χ2n) is 4.21. The fourth-order valence-corrected chi connectivity index (χ4v) is 2.13. The highest BCUT2D eigenvalue weighted by molar-refractivity contribution is 6.09. The lowest BCUT2D eigenvalue weighted by Gasteiger charge is -2.16. The lowest BCUT2D eigenvalue weighted by Crippen LogP contribution is -2.12. The van der Waals surface area contributed by atoms with Crippen molar-refractivity contribution in [3.05, 3.63) is 42.1 Å². The number of allylic oxidation sites excluding steroid dienone is 2. The molecular formula is C14H13NO. The summed E-state index contributed by atoms with van der Waals surface area (Å²) in [6.07, 6.45) is 5.37. The summed E-state index contributed by atoms with van der Waals surface area (Å²) < 4.78 is 2.12. The Bertz CT molecular complexity index is 604. The van der Waals surface area contributed by atoms with Crippen LogP contribution in [0.1, 0.15) is 18.9 Å². The van der Waals surface area contributed by atoms with Crippen LogP contribution in [-0.4, -0.2) is 10.4 Å². The van der Waals surface area contributed by atoms with E-state index in [1.54, 1.807) is 6.08 Å². The summed E-state index contributed by atoms with van der Waals surface area (Å²) in [6, 6.07) is 8.61. The maximum atomic E-state index is 11.0. The van der Waals surface area contributed by atoms with Crippen LogP contribution in [0.5, 0.6) is 0 Å². The van der Waals surface area contributed by atoms with Gasteiger partial charge in [0.25, 0.3) is 0 Å². The first-order valence-electron chi connectivity index (χ1n) is 5.61. The molecule has 1 aromatic heterocycles. The average molecular weight is 211 g/mol. The van der Waals surface area contributed by atoms with E-state index in [-0.39, 0.29) is 5.78 Å². The van der Waals surface area contributed by atoms with Crippen molar-refractivity contribution in [2.45, 2.75) is 19.8 Å². The summed E-state index contributed by atoms with van der Waals surface area (Å²) in [4.78, 5) is 11.0. The van der Waals surface area contributed by atoms with E-state index >= 15 is 0 Å². The van der Waals surface area contributed by atoms with E-state index in [0.717, 1.165) is 12.1 Å². The smallest absolute Gasteiger partial charge is 0.163 e. The molecule has 0 bridgehead atoms. The molecule has 0 saturated heterocycles. The topological polar surface area (TPSA) is 22.0 Å². The molecule has 2 heteroatoms. The van der Waals surface area contributed by atoms with Crippen LogP contribution >= 0.6 is 0 Å². The van der Waals surface area contributed by atoms with Crippen molar-refractivity contribution in [1.82, 2.24) is 4.57 Å². The predicted octanol–water partition coefficient (Wildman–Crippen LogP) is 3.02. The molecule has 80 valence electrons.